The highest BCUT2D eigenvalue weighted by Gasteiger charge is 2.47. The fourth-order valence-electron chi connectivity index (χ4n) is 1.69. The third-order valence-corrected chi connectivity index (χ3v) is 4.62. The second kappa shape index (κ2) is 5.13. The van der Waals surface area contributed by atoms with Gasteiger partial charge in [0.25, 0.3) is 0 Å². The average Bonchev–Trinajstić information content (AvgIpc) is 3.11. The molecule has 17 heavy (non-hydrogen) atoms. The smallest absolute Gasteiger partial charge is 0.307 e. The zero-order valence-corrected chi connectivity index (χ0v) is 10.9. The van der Waals surface area contributed by atoms with Gasteiger partial charge in [-0.05, 0) is 19.4 Å². The van der Waals surface area contributed by atoms with Gasteiger partial charge in [-0.15, -0.1) is 0 Å². The first-order chi connectivity index (χ1) is 8.21. The summed E-state index contributed by atoms with van der Waals surface area (Å²) in [6, 6.07) is 9.69. The first-order valence-electron chi connectivity index (χ1n) is 5.73. The van der Waals surface area contributed by atoms with Gasteiger partial charge in [0.2, 0.25) is 0 Å². The molecule has 0 aliphatic carbocycles. The molecule has 0 fully saturated rings. The van der Waals surface area contributed by atoms with Crippen molar-refractivity contribution in [2.75, 3.05) is 13.2 Å². The van der Waals surface area contributed by atoms with Crippen LogP contribution in [0.25, 0.3) is 0 Å². The largest absolute Gasteiger partial charge is 0.361 e. The number of rotatable bonds is 6. The zero-order valence-electron chi connectivity index (χ0n) is 10.00. The first kappa shape index (κ1) is 12.5. The van der Waals surface area contributed by atoms with Crippen molar-refractivity contribution in [2.24, 2.45) is 4.99 Å². The Morgan fingerprint density at radius 3 is 2.29 bits per heavy atom. The molecule has 0 aromatic heterocycles. The Labute approximate surface area is 101 Å². The minimum Gasteiger partial charge on any atom is -0.307 e. The van der Waals surface area contributed by atoms with Crippen LogP contribution in [0, 0.1) is 0 Å². The van der Waals surface area contributed by atoms with E-state index in [9.17, 15) is 4.57 Å². The molecular weight excluding hydrogens is 237 g/mol. The molecule has 92 valence electrons. The van der Waals surface area contributed by atoms with E-state index in [-0.39, 0.29) is 0 Å². The van der Waals surface area contributed by atoms with Gasteiger partial charge in [-0.25, -0.2) is 0 Å². The number of aliphatic imine (C=N–C) groups is 1. The lowest BCUT2D eigenvalue weighted by atomic mass is 10.2. The molecule has 1 aliphatic heterocycles. The molecular formula is C12H16NO3P. The summed E-state index contributed by atoms with van der Waals surface area (Å²) in [5, 5.41) is 0. The molecule has 1 aromatic rings. The molecule has 0 saturated heterocycles. The van der Waals surface area contributed by atoms with Crippen molar-refractivity contribution in [3.8, 4) is 0 Å². The fourth-order valence-corrected chi connectivity index (χ4v) is 3.48. The number of hydrogen-bond acceptors (Lipinski definition) is 4. The van der Waals surface area contributed by atoms with Crippen molar-refractivity contribution in [2.45, 2.75) is 19.6 Å². The monoisotopic (exact) mass is 253 g/mol. The van der Waals surface area contributed by atoms with E-state index in [0.717, 1.165) is 11.3 Å². The Hall–Kier alpha value is -0.960. The lowest BCUT2D eigenvalue weighted by molar-refractivity contribution is 0.219. The van der Waals surface area contributed by atoms with E-state index in [4.69, 9.17) is 9.05 Å². The van der Waals surface area contributed by atoms with Gasteiger partial charge in [0.15, 0.2) is 5.78 Å². The molecule has 0 radical (unpaired) electrons. The molecule has 0 saturated carbocycles. The van der Waals surface area contributed by atoms with E-state index in [2.05, 4.69) is 4.99 Å². The molecule has 2 rings (SSSR count). The summed E-state index contributed by atoms with van der Waals surface area (Å²) in [7, 11) is -3.11. The van der Waals surface area contributed by atoms with Crippen LogP contribution in [-0.2, 0) is 13.6 Å². The number of hydrogen-bond donors (Lipinski definition) is 0. The zero-order chi connectivity index (χ0) is 12.3. The van der Waals surface area contributed by atoms with Crippen LogP contribution in [0.4, 0.5) is 0 Å². The van der Waals surface area contributed by atoms with Gasteiger partial charge in [-0.3, -0.25) is 9.56 Å². The Balaban J connectivity index is 2.09. The molecule has 1 atom stereocenters. The highest BCUT2D eigenvalue weighted by atomic mass is 31.2. The molecule has 0 bridgehead atoms. The van der Waals surface area contributed by atoms with E-state index in [1.807, 2.05) is 30.3 Å². The summed E-state index contributed by atoms with van der Waals surface area (Å²) in [5.74, 6) is -0.412. The maximum atomic E-state index is 12.4. The van der Waals surface area contributed by atoms with Gasteiger partial charge < -0.3 is 9.05 Å². The van der Waals surface area contributed by atoms with Crippen molar-refractivity contribution in [1.82, 2.24) is 0 Å². The Morgan fingerprint density at radius 2 is 1.76 bits per heavy atom. The van der Waals surface area contributed by atoms with Gasteiger partial charge in [0, 0.05) is 0 Å². The lowest BCUT2D eigenvalue weighted by Gasteiger charge is -2.15. The summed E-state index contributed by atoms with van der Waals surface area (Å²) in [5.41, 5.74) is 1.80. The van der Waals surface area contributed by atoms with Gasteiger partial charge >= 0.3 is 7.60 Å². The Morgan fingerprint density at radius 1 is 1.18 bits per heavy atom. The maximum Gasteiger partial charge on any atom is 0.361 e. The summed E-state index contributed by atoms with van der Waals surface area (Å²) in [4.78, 5) is 4.24. The first-order valence-corrected chi connectivity index (χ1v) is 7.34. The van der Waals surface area contributed by atoms with Crippen LogP contribution in [0.15, 0.2) is 35.3 Å². The third-order valence-electron chi connectivity index (χ3n) is 2.43. The minimum absolute atomic E-state index is 0.366. The molecule has 0 unspecified atom stereocenters. The second-order valence-electron chi connectivity index (χ2n) is 3.63. The molecule has 1 heterocycles. The average molecular weight is 253 g/mol. The van der Waals surface area contributed by atoms with E-state index < -0.39 is 13.4 Å². The highest BCUT2D eigenvalue weighted by molar-refractivity contribution is 7.56. The second-order valence-corrected chi connectivity index (χ2v) is 5.71. The van der Waals surface area contributed by atoms with Crippen molar-refractivity contribution < 1.29 is 13.6 Å². The van der Waals surface area contributed by atoms with Crippen LogP contribution in [-0.4, -0.2) is 24.7 Å². The molecule has 1 aliphatic rings. The standard InChI is InChI=1S/C12H16NO3P/c1-3-15-17(14,16-4-2)12-11(13-12)10-8-6-5-7-9-10/h5-9,12H,3-4H2,1-2H3/t12-/m0/s1. The number of nitrogens with zero attached hydrogens (tertiary/aromatic N) is 1. The van der Waals surface area contributed by atoms with Gasteiger partial charge in [-0.2, -0.15) is 0 Å². The van der Waals surface area contributed by atoms with Crippen LogP contribution in [0.3, 0.4) is 0 Å². The van der Waals surface area contributed by atoms with Crippen LogP contribution in [0.1, 0.15) is 19.4 Å². The van der Waals surface area contributed by atoms with Gasteiger partial charge in [0.05, 0.1) is 18.9 Å². The van der Waals surface area contributed by atoms with E-state index in [1.54, 1.807) is 13.8 Å². The highest BCUT2D eigenvalue weighted by Crippen LogP contribution is 2.59. The molecule has 0 amide bonds. The van der Waals surface area contributed by atoms with Crippen LogP contribution in [0.2, 0.25) is 0 Å². The van der Waals surface area contributed by atoms with Gasteiger partial charge in [-0.1, -0.05) is 30.3 Å². The quantitative estimate of drug-likeness (QED) is 0.732. The minimum atomic E-state index is -3.11. The molecule has 0 N–H and O–H groups in total. The molecule has 1 aromatic carbocycles. The molecule has 0 spiro atoms. The summed E-state index contributed by atoms with van der Waals surface area (Å²) >= 11 is 0. The lowest BCUT2D eigenvalue weighted by Crippen LogP contribution is -2.07. The number of benzene rings is 1. The van der Waals surface area contributed by atoms with Crippen LogP contribution >= 0.6 is 7.60 Å². The topological polar surface area (TPSA) is 47.9 Å². The van der Waals surface area contributed by atoms with Gasteiger partial charge in [0.1, 0.15) is 0 Å². The van der Waals surface area contributed by atoms with E-state index >= 15 is 0 Å². The van der Waals surface area contributed by atoms with Crippen molar-refractivity contribution in [3.05, 3.63) is 35.9 Å². The molecule has 4 nitrogen and oxygen atoms in total. The Kier molecular flexibility index (Phi) is 3.77. The van der Waals surface area contributed by atoms with E-state index in [1.165, 1.54) is 0 Å². The van der Waals surface area contributed by atoms with Crippen molar-refractivity contribution in [3.63, 3.8) is 0 Å². The van der Waals surface area contributed by atoms with Crippen LogP contribution < -0.4 is 0 Å². The normalized spacial score (nSPS) is 18.9. The summed E-state index contributed by atoms with van der Waals surface area (Å²) in [6.45, 7) is 4.34. The van der Waals surface area contributed by atoms with Crippen molar-refractivity contribution >= 4 is 13.3 Å². The maximum absolute atomic E-state index is 12.4. The SMILES string of the molecule is CCOP(=O)(OCC)[C@@H]1N=C1c1ccccc1. The van der Waals surface area contributed by atoms with Crippen molar-refractivity contribution in [1.29, 1.82) is 0 Å². The van der Waals surface area contributed by atoms with Crippen LogP contribution in [0.5, 0.6) is 0 Å². The molecule has 5 heteroatoms. The summed E-state index contributed by atoms with van der Waals surface area (Å²) in [6.07, 6.45) is 0. The fraction of sp³-hybridized carbons (Fsp3) is 0.417. The predicted molar refractivity (Wildman–Crippen MR) is 67.6 cm³/mol. The van der Waals surface area contributed by atoms with E-state index in [0.29, 0.717) is 13.2 Å². The predicted octanol–water partition coefficient (Wildman–Crippen LogP) is 3.08. The summed E-state index contributed by atoms with van der Waals surface area (Å²) < 4.78 is 22.9. The third kappa shape index (κ3) is 2.65. The Bertz CT molecular complexity index is 448.